The molecule has 3 aromatic rings. The molecule has 0 saturated carbocycles. The summed E-state index contributed by atoms with van der Waals surface area (Å²) in [6.45, 7) is 5.97. The van der Waals surface area contributed by atoms with Crippen LogP contribution in [0.5, 0.6) is 11.5 Å². The van der Waals surface area contributed by atoms with Crippen molar-refractivity contribution in [3.05, 3.63) is 69.4 Å². The Morgan fingerprint density at radius 3 is 2.39 bits per heavy atom. The molecule has 0 saturated heterocycles. The molecule has 5 heteroatoms. The van der Waals surface area contributed by atoms with Crippen molar-refractivity contribution in [1.29, 1.82) is 0 Å². The molecule has 1 heterocycles. The summed E-state index contributed by atoms with van der Waals surface area (Å²) in [4.78, 5) is 14.9. The Morgan fingerprint density at radius 2 is 1.74 bits per heavy atom. The van der Waals surface area contributed by atoms with Gasteiger partial charge in [0.2, 0.25) is 0 Å². The van der Waals surface area contributed by atoms with Gasteiger partial charge in [-0.2, -0.15) is 0 Å². The highest BCUT2D eigenvalue weighted by Crippen LogP contribution is 2.32. The monoisotopic (exact) mass is 308 g/mol. The first kappa shape index (κ1) is 15.0. The maximum Gasteiger partial charge on any atom is 0.269 e. The van der Waals surface area contributed by atoms with Crippen molar-refractivity contribution < 1.29 is 9.66 Å². The number of aryl methyl sites for hydroxylation is 3. The number of hydrogen-bond donors (Lipinski definition) is 0. The summed E-state index contributed by atoms with van der Waals surface area (Å²) in [7, 11) is 0. The van der Waals surface area contributed by atoms with E-state index in [0.717, 1.165) is 27.7 Å². The average Bonchev–Trinajstić information content (AvgIpc) is 2.49. The fraction of sp³-hybridized carbons (Fsp3) is 0.167. The molecular formula is C18H16N2O3. The molecule has 116 valence electrons. The quantitative estimate of drug-likeness (QED) is 0.512. The second-order valence-corrected chi connectivity index (χ2v) is 5.59. The predicted octanol–water partition coefficient (Wildman–Crippen LogP) is 4.86. The third-order valence-electron chi connectivity index (χ3n) is 3.61. The van der Waals surface area contributed by atoms with E-state index in [0.29, 0.717) is 11.5 Å². The summed E-state index contributed by atoms with van der Waals surface area (Å²) < 4.78 is 5.95. The molecule has 2 aromatic carbocycles. The largest absolute Gasteiger partial charge is 0.457 e. The molecule has 0 spiro atoms. The van der Waals surface area contributed by atoms with Crippen molar-refractivity contribution in [2.75, 3.05) is 0 Å². The third-order valence-corrected chi connectivity index (χ3v) is 3.61. The van der Waals surface area contributed by atoms with Crippen LogP contribution in [-0.2, 0) is 0 Å². The van der Waals surface area contributed by atoms with Crippen LogP contribution in [0.15, 0.2) is 42.5 Å². The highest BCUT2D eigenvalue weighted by Gasteiger charge is 2.10. The summed E-state index contributed by atoms with van der Waals surface area (Å²) in [6, 6.07) is 12.1. The minimum atomic E-state index is -0.428. The Kier molecular flexibility index (Phi) is 3.70. The second kappa shape index (κ2) is 5.68. The first-order valence-corrected chi connectivity index (χ1v) is 7.25. The summed E-state index contributed by atoms with van der Waals surface area (Å²) in [6.07, 6.45) is 0. The first-order chi connectivity index (χ1) is 10.9. The van der Waals surface area contributed by atoms with E-state index >= 15 is 0 Å². The van der Waals surface area contributed by atoms with E-state index in [1.54, 1.807) is 12.1 Å². The predicted molar refractivity (Wildman–Crippen MR) is 89.1 cm³/mol. The molecule has 1 aromatic heterocycles. The Balaban J connectivity index is 2.07. The Morgan fingerprint density at radius 1 is 1.04 bits per heavy atom. The van der Waals surface area contributed by atoms with Gasteiger partial charge in [0, 0.05) is 29.3 Å². The van der Waals surface area contributed by atoms with E-state index in [4.69, 9.17) is 4.74 Å². The van der Waals surface area contributed by atoms with Gasteiger partial charge in [-0.25, -0.2) is 0 Å². The van der Waals surface area contributed by atoms with E-state index in [1.165, 1.54) is 12.1 Å². The van der Waals surface area contributed by atoms with Gasteiger partial charge in [0.15, 0.2) is 0 Å². The number of nitro groups is 1. The van der Waals surface area contributed by atoms with Crippen molar-refractivity contribution in [3.8, 4) is 11.5 Å². The Hall–Kier alpha value is -2.95. The SMILES string of the molecule is Cc1cc(C)c2nc(C)cc(Oc3ccc([N+](=O)[O-])cc3)c2c1. The lowest BCUT2D eigenvalue weighted by molar-refractivity contribution is -0.384. The molecule has 5 nitrogen and oxygen atoms in total. The van der Waals surface area contributed by atoms with Crippen LogP contribution in [0.1, 0.15) is 16.8 Å². The van der Waals surface area contributed by atoms with Crippen LogP contribution in [0.25, 0.3) is 10.9 Å². The molecule has 23 heavy (non-hydrogen) atoms. The van der Waals surface area contributed by atoms with E-state index < -0.39 is 4.92 Å². The highest BCUT2D eigenvalue weighted by molar-refractivity contribution is 5.88. The molecule has 0 radical (unpaired) electrons. The summed E-state index contributed by atoms with van der Waals surface area (Å²) in [5, 5.41) is 11.7. The lowest BCUT2D eigenvalue weighted by atomic mass is 10.1. The number of aromatic nitrogens is 1. The zero-order chi connectivity index (χ0) is 16.6. The molecule has 0 aliphatic carbocycles. The van der Waals surface area contributed by atoms with Gasteiger partial charge in [0.1, 0.15) is 11.5 Å². The molecular weight excluding hydrogens is 292 g/mol. The molecule has 0 fully saturated rings. The smallest absolute Gasteiger partial charge is 0.269 e. The molecule has 0 aliphatic heterocycles. The van der Waals surface area contributed by atoms with Crippen molar-refractivity contribution >= 4 is 16.6 Å². The van der Waals surface area contributed by atoms with Crippen LogP contribution in [0.3, 0.4) is 0 Å². The molecule has 0 N–H and O–H groups in total. The van der Waals surface area contributed by atoms with Crippen molar-refractivity contribution in [3.63, 3.8) is 0 Å². The fourth-order valence-corrected chi connectivity index (χ4v) is 2.62. The standard InChI is InChI=1S/C18H16N2O3/c1-11-8-12(2)18-16(9-11)17(10-13(3)19-18)23-15-6-4-14(5-7-15)20(21)22/h4-10H,1-3H3. The van der Waals surface area contributed by atoms with Gasteiger partial charge in [0.25, 0.3) is 5.69 Å². The van der Waals surface area contributed by atoms with Gasteiger partial charge in [-0.05, 0) is 50.1 Å². The average molecular weight is 308 g/mol. The molecule has 3 rings (SSSR count). The van der Waals surface area contributed by atoms with Gasteiger partial charge < -0.3 is 4.74 Å². The Labute approximate surface area is 133 Å². The van der Waals surface area contributed by atoms with E-state index in [9.17, 15) is 10.1 Å². The van der Waals surface area contributed by atoms with Crippen LogP contribution in [0, 0.1) is 30.9 Å². The number of rotatable bonds is 3. The number of ether oxygens (including phenoxy) is 1. The first-order valence-electron chi connectivity index (χ1n) is 7.25. The highest BCUT2D eigenvalue weighted by atomic mass is 16.6. The molecule has 0 amide bonds. The van der Waals surface area contributed by atoms with Gasteiger partial charge in [-0.15, -0.1) is 0 Å². The molecule has 0 aliphatic rings. The van der Waals surface area contributed by atoms with Crippen LogP contribution < -0.4 is 4.74 Å². The van der Waals surface area contributed by atoms with E-state index in [1.807, 2.05) is 32.9 Å². The third kappa shape index (κ3) is 2.99. The van der Waals surface area contributed by atoms with Gasteiger partial charge in [-0.3, -0.25) is 15.1 Å². The number of fused-ring (bicyclic) bond motifs is 1. The van der Waals surface area contributed by atoms with E-state index in [-0.39, 0.29) is 5.69 Å². The molecule has 0 bridgehead atoms. The number of pyridine rings is 1. The zero-order valence-corrected chi connectivity index (χ0v) is 13.2. The summed E-state index contributed by atoms with van der Waals surface area (Å²) in [5.41, 5.74) is 4.04. The summed E-state index contributed by atoms with van der Waals surface area (Å²) >= 11 is 0. The fourth-order valence-electron chi connectivity index (χ4n) is 2.62. The Bertz CT molecular complexity index is 902. The van der Waals surface area contributed by atoms with Crippen molar-refractivity contribution in [2.24, 2.45) is 0 Å². The van der Waals surface area contributed by atoms with Crippen LogP contribution in [0.2, 0.25) is 0 Å². The lowest BCUT2D eigenvalue weighted by Gasteiger charge is -2.12. The van der Waals surface area contributed by atoms with Gasteiger partial charge >= 0.3 is 0 Å². The van der Waals surface area contributed by atoms with Crippen molar-refractivity contribution in [1.82, 2.24) is 4.98 Å². The van der Waals surface area contributed by atoms with Crippen LogP contribution in [-0.4, -0.2) is 9.91 Å². The number of nitro benzene ring substituents is 1. The van der Waals surface area contributed by atoms with Crippen LogP contribution >= 0.6 is 0 Å². The normalized spacial score (nSPS) is 10.7. The number of non-ortho nitro benzene ring substituents is 1. The minimum absolute atomic E-state index is 0.0415. The zero-order valence-electron chi connectivity index (χ0n) is 13.2. The minimum Gasteiger partial charge on any atom is -0.457 e. The van der Waals surface area contributed by atoms with Gasteiger partial charge in [-0.1, -0.05) is 6.07 Å². The maximum absolute atomic E-state index is 10.7. The molecule has 0 unspecified atom stereocenters. The van der Waals surface area contributed by atoms with Crippen molar-refractivity contribution in [2.45, 2.75) is 20.8 Å². The lowest BCUT2D eigenvalue weighted by Crippen LogP contribution is -1.94. The van der Waals surface area contributed by atoms with Crippen LogP contribution in [0.4, 0.5) is 5.69 Å². The topological polar surface area (TPSA) is 65.3 Å². The summed E-state index contributed by atoms with van der Waals surface area (Å²) in [5.74, 6) is 1.26. The molecule has 0 atom stereocenters. The maximum atomic E-state index is 10.7. The number of benzene rings is 2. The van der Waals surface area contributed by atoms with E-state index in [2.05, 4.69) is 11.1 Å². The number of hydrogen-bond acceptors (Lipinski definition) is 4. The van der Waals surface area contributed by atoms with Gasteiger partial charge in [0.05, 0.1) is 10.4 Å². The number of nitrogens with zero attached hydrogens (tertiary/aromatic N) is 2. The second-order valence-electron chi connectivity index (χ2n) is 5.59.